The van der Waals surface area contributed by atoms with Crippen LogP contribution in [0.1, 0.15) is 27.2 Å². The Balaban J connectivity index is 2.55. The molecule has 0 amide bonds. The second kappa shape index (κ2) is 4.21. The zero-order valence-electron chi connectivity index (χ0n) is 9.48. The monoisotopic (exact) mass is 229 g/mol. The number of hydrogen-bond acceptors (Lipinski definition) is 6. The van der Waals surface area contributed by atoms with Gasteiger partial charge in [-0.25, -0.2) is 4.79 Å². The van der Waals surface area contributed by atoms with Crippen LogP contribution in [0.4, 0.5) is 0 Å². The molecule has 0 saturated carbocycles. The fourth-order valence-electron chi connectivity index (χ4n) is 1.06. The fourth-order valence-corrected chi connectivity index (χ4v) is 1.06. The molecular weight excluding hydrogens is 214 g/mol. The molecule has 90 valence electrons. The molecule has 1 aliphatic heterocycles. The van der Waals surface area contributed by atoms with Gasteiger partial charge in [0.1, 0.15) is 6.04 Å². The summed E-state index contributed by atoms with van der Waals surface area (Å²) in [6.45, 7) is 4.86. The minimum atomic E-state index is -1.06. The highest BCUT2D eigenvalue weighted by molar-refractivity contribution is 5.93. The van der Waals surface area contributed by atoms with Crippen LogP contribution in [0.5, 0.6) is 0 Å². The van der Waals surface area contributed by atoms with Crippen LogP contribution in [0, 0.1) is 5.41 Å². The fraction of sp³-hybridized carbons (Fsp3) is 0.700. The second-order valence-corrected chi connectivity index (χ2v) is 4.73. The summed E-state index contributed by atoms with van der Waals surface area (Å²) in [6, 6.07) is -0.817. The summed E-state index contributed by atoms with van der Waals surface area (Å²) in [4.78, 5) is 33.7. The molecule has 1 fully saturated rings. The van der Waals surface area contributed by atoms with Gasteiger partial charge in [-0.05, 0) is 20.8 Å². The van der Waals surface area contributed by atoms with Gasteiger partial charge in [0.25, 0.3) is 0 Å². The Bertz CT molecular complexity index is 331. The average molecular weight is 229 g/mol. The van der Waals surface area contributed by atoms with Crippen molar-refractivity contribution >= 4 is 17.9 Å². The first-order valence-corrected chi connectivity index (χ1v) is 4.94. The quantitative estimate of drug-likeness (QED) is 0.492. The van der Waals surface area contributed by atoms with Crippen LogP contribution in [-0.4, -0.2) is 30.1 Å². The van der Waals surface area contributed by atoms with Crippen molar-refractivity contribution in [2.24, 2.45) is 11.1 Å². The predicted molar refractivity (Wildman–Crippen MR) is 53.0 cm³/mol. The van der Waals surface area contributed by atoms with Gasteiger partial charge in [-0.1, -0.05) is 0 Å². The number of cyclic esters (lactones) is 1. The highest BCUT2D eigenvalue weighted by Crippen LogP contribution is 2.19. The summed E-state index contributed by atoms with van der Waals surface area (Å²) >= 11 is 0. The third-order valence-corrected chi connectivity index (χ3v) is 2.10. The molecule has 0 aromatic heterocycles. The van der Waals surface area contributed by atoms with Crippen molar-refractivity contribution in [3.05, 3.63) is 0 Å². The van der Waals surface area contributed by atoms with E-state index in [-0.39, 0.29) is 6.42 Å². The summed E-state index contributed by atoms with van der Waals surface area (Å²) in [5.74, 6) is -2.17. The molecule has 16 heavy (non-hydrogen) atoms. The molecule has 6 nitrogen and oxygen atoms in total. The van der Waals surface area contributed by atoms with Gasteiger partial charge in [0, 0.05) is 6.42 Å². The van der Waals surface area contributed by atoms with Crippen molar-refractivity contribution in [3.63, 3.8) is 0 Å². The molecule has 0 aromatic carbocycles. The normalized spacial score (nSPS) is 25.1. The first-order valence-electron chi connectivity index (χ1n) is 4.94. The van der Waals surface area contributed by atoms with Crippen molar-refractivity contribution in [2.45, 2.75) is 39.3 Å². The van der Waals surface area contributed by atoms with Crippen molar-refractivity contribution in [2.75, 3.05) is 0 Å². The number of ether oxygens (including phenoxy) is 2. The minimum absolute atomic E-state index is 0.0507. The van der Waals surface area contributed by atoms with E-state index >= 15 is 0 Å². The lowest BCUT2D eigenvalue weighted by atomic mass is 9.97. The zero-order valence-corrected chi connectivity index (χ0v) is 9.48. The Morgan fingerprint density at radius 3 is 2.38 bits per heavy atom. The number of nitrogens with two attached hydrogens (primary N) is 1. The molecule has 1 aliphatic rings. The van der Waals surface area contributed by atoms with Crippen molar-refractivity contribution < 1.29 is 23.9 Å². The highest BCUT2D eigenvalue weighted by Gasteiger charge is 2.39. The van der Waals surface area contributed by atoms with Crippen LogP contribution in [0.3, 0.4) is 0 Å². The molecule has 0 spiro atoms. The summed E-state index contributed by atoms with van der Waals surface area (Å²) in [5.41, 5.74) is 4.58. The van der Waals surface area contributed by atoms with E-state index in [0.29, 0.717) is 0 Å². The Morgan fingerprint density at radius 1 is 1.44 bits per heavy atom. The van der Waals surface area contributed by atoms with Crippen LogP contribution in [0.2, 0.25) is 0 Å². The SMILES string of the molecule is CC(C)(C)C(=O)OC(=O)C1CC(N)C(=O)O1. The van der Waals surface area contributed by atoms with Crippen LogP contribution in [0.15, 0.2) is 0 Å². The van der Waals surface area contributed by atoms with E-state index in [1.807, 2.05) is 0 Å². The van der Waals surface area contributed by atoms with E-state index in [9.17, 15) is 14.4 Å². The number of esters is 3. The van der Waals surface area contributed by atoms with Crippen molar-refractivity contribution in [1.82, 2.24) is 0 Å². The topological polar surface area (TPSA) is 95.7 Å². The standard InChI is InChI=1S/C10H15NO5/c1-10(2,3)9(14)16-8(13)6-4-5(11)7(12)15-6/h5-6H,4,11H2,1-3H3. The lowest BCUT2D eigenvalue weighted by Crippen LogP contribution is -2.32. The van der Waals surface area contributed by atoms with Gasteiger partial charge in [-0.2, -0.15) is 0 Å². The molecule has 1 rings (SSSR count). The maximum absolute atomic E-state index is 11.4. The highest BCUT2D eigenvalue weighted by atomic mass is 16.6. The van der Waals surface area contributed by atoms with E-state index < -0.39 is 35.5 Å². The summed E-state index contributed by atoms with van der Waals surface area (Å²) < 4.78 is 9.24. The van der Waals surface area contributed by atoms with E-state index in [0.717, 1.165) is 0 Å². The van der Waals surface area contributed by atoms with E-state index in [4.69, 9.17) is 5.73 Å². The molecule has 0 aromatic rings. The van der Waals surface area contributed by atoms with E-state index in [2.05, 4.69) is 9.47 Å². The van der Waals surface area contributed by atoms with Gasteiger partial charge in [0.05, 0.1) is 5.41 Å². The maximum Gasteiger partial charge on any atom is 0.355 e. The number of hydrogen-bond donors (Lipinski definition) is 1. The Kier molecular flexibility index (Phi) is 3.32. The first kappa shape index (κ1) is 12.6. The number of carbonyl (C=O) groups excluding carboxylic acids is 3. The van der Waals surface area contributed by atoms with E-state index in [1.165, 1.54) is 0 Å². The third kappa shape index (κ3) is 2.79. The summed E-state index contributed by atoms with van der Waals surface area (Å²) in [6.07, 6.45) is -1.01. The van der Waals surface area contributed by atoms with Crippen LogP contribution >= 0.6 is 0 Å². The lowest BCUT2D eigenvalue weighted by molar-refractivity contribution is -0.174. The van der Waals surface area contributed by atoms with Crippen molar-refractivity contribution in [1.29, 1.82) is 0 Å². The Hall–Kier alpha value is -1.43. The molecule has 0 radical (unpaired) electrons. The molecule has 6 heteroatoms. The van der Waals surface area contributed by atoms with Crippen LogP contribution in [0.25, 0.3) is 0 Å². The maximum atomic E-state index is 11.4. The largest absolute Gasteiger partial charge is 0.449 e. The number of carbonyl (C=O) groups is 3. The van der Waals surface area contributed by atoms with Crippen LogP contribution in [-0.2, 0) is 23.9 Å². The zero-order chi connectivity index (χ0) is 12.5. The molecule has 2 unspecified atom stereocenters. The second-order valence-electron chi connectivity index (χ2n) is 4.73. The third-order valence-electron chi connectivity index (χ3n) is 2.10. The Labute approximate surface area is 93.1 Å². The lowest BCUT2D eigenvalue weighted by Gasteiger charge is -2.16. The van der Waals surface area contributed by atoms with Crippen molar-refractivity contribution in [3.8, 4) is 0 Å². The van der Waals surface area contributed by atoms with Gasteiger partial charge in [-0.15, -0.1) is 0 Å². The average Bonchev–Trinajstić information content (AvgIpc) is 2.45. The molecule has 1 heterocycles. The minimum Gasteiger partial charge on any atom is -0.449 e. The first-order chi connectivity index (χ1) is 7.21. The molecule has 2 N–H and O–H groups in total. The molecule has 0 bridgehead atoms. The molecule has 0 aliphatic carbocycles. The van der Waals surface area contributed by atoms with E-state index in [1.54, 1.807) is 20.8 Å². The summed E-state index contributed by atoms with van der Waals surface area (Å²) in [7, 11) is 0. The smallest absolute Gasteiger partial charge is 0.355 e. The summed E-state index contributed by atoms with van der Waals surface area (Å²) in [5, 5.41) is 0. The van der Waals surface area contributed by atoms with Gasteiger partial charge >= 0.3 is 17.9 Å². The van der Waals surface area contributed by atoms with Gasteiger partial charge in [0.15, 0.2) is 0 Å². The van der Waals surface area contributed by atoms with Gasteiger partial charge < -0.3 is 15.2 Å². The van der Waals surface area contributed by atoms with Crippen LogP contribution < -0.4 is 5.73 Å². The molecular formula is C10H15NO5. The van der Waals surface area contributed by atoms with Gasteiger partial charge in [-0.3, -0.25) is 9.59 Å². The predicted octanol–water partition coefficient (Wildman–Crippen LogP) is -0.255. The number of rotatable bonds is 1. The molecule has 1 saturated heterocycles. The van der Waals surface area contributed by atoms with Gasteiger partial charge in [0.2, 0.25) is 6.10 Å². The molecule has 2 atom stereocenters. The Morgan fingerprint density at radius 2 is 2.00 bits per heavy atom.